The van der Waals surface area contributed by atoms with E-state index < -0.39 is 0 Å². The Bertz CT molecular complexity index is 614. The van der Waals surface area contributed by atoms with Crippen molar-refractivity contribution >= 4 is 22.5 Å². The van der Waals surface area contributed by atoms with Gasteiger partial charge in [-0.15, -0.1) is 0 Å². The van der Waals surface area contributed by atoms with Crippen molar-refractivity contribution in [3.63, 3.8) is 0 Å². The van der Waals surface area contributed by atoms with Crippen LogP contribution in [0, 0.1) is 0 Å². The Morgan fingerprint density at radius 1 is 1.29 bits per heavy atom. The lowest BCUT2D eigenvalue weighted by Gasteiger charge is -2.10. The highest BCUT2D eigenvalue weighted by Gasteiger charge is 2.19. The summed E-state index contributed by atoms with van der Waals surface area (Å²) < 4.78 is 0. The van der Waals surface area contributed by atoms with Crippen LogP contribution in [0.25, 0.3) is 10.9 Å². The van der Waals surface area contributed by atoms with E-state index in [2.05, 4.69) is 10.3 Å². The highest BCUT2D eigenvalue weighted by Crippen LogP contribution is 2.23. The van der Waals surface area contributed by atoms with Gasteiger partial charge in [0, 0.05) is 22.1 Å². The molecule has 0 saturated carbocycles. The van der Waals surface area contributed by atoms with Crippen LogP contribution in [0.1, 0.15) is 24.4 Å². The Kier molecular flexibility index (Phi) is 2.65. The molecular weight excluding hydrogens is 236 g/mol. The molecule has 1 atom stereocenters. The van der Waals surface area contributed by atoms with Crippen molar-refractivity contribution in [2.45, 2.75) is 18.9 Å². The van der Waals surface area contributed by atoms with Crippen LogP contribution in [0.15, 0.2) is 29.1 Å². The van der Waals surface area contributed by atoms with Gasteiger partial charge in [-0.05, 0) is 43.0 Å². The van der Waals surface area contributed by atoms with Gasteiger partial charge in [0.2, 0.25) is 0 Å². The normalized spacial score (nSPS) is 19.9. The Labute approximate surface area is 104 Å². The molecule has 3 rings (SSSR count). The van der Waals surface area contributed by atoms with Crippen LogP contribution >= 0.6 is 11.6 Å². The van der Waals surface area contributed by atoms with E-state index in [9.17, 15) is 4.79 Å². The van der Waals surface area contributed by atoms with Gasteiger partial charge >= 0.3 is 0 Å². The fourth-order valence-corrected chi connectivity index (χ4v) is 2.57. The molecule has 0 aliphatic carbocycles. The third-order valence-corrected chi connectivity index (χ3v) is 3.51. The Balaban J connectivity index is 2.16. The minimum Gasteiger partial charge on any atom is -0.322 e. The second-order valence-corrected chi connectivity index (χ2v) is 4.87. The molecule has 1 saturated heterocycles. The molecule has 1 unspecified atom stereocenters. The SMILES string of the molecule is O=c1[nH]c2cc(Cl)ccc2cc1C1CCCN1. The number of aromatic amines is 1. The number of aromatic nitrogens is 1. The number of benzene rings is 1. The quantitative estimate of drug-likeness (QED) is 0.815. The lowest BCUT2D eigenvalue weighted by molar-refractivity contribution is 0.641. The molecule has 2 heterocycles. The van der Waals surface area contributed by atoms with E-state index in [1.54, 1.807) is 6.07 Å². The fraction of sp³-hybridized carbons (Fsp3) is 0.308. The van der Waals surface area contributed by atoms with E-state index in [0.29, 0.717) is 5.02 Å². The maximum absolute atomic E-state index is 12.0. The molecule has 0 radical (unpaired) electrons. The molecule has 1 fully saturated rings. The lowest BCUT2D eigenvalue weighted by Crippen LogP contribution is -2.22. The number of hydrogen-bond donors (Lipinski definition) is 2. The molecule has 17 heavy (non-hydrogen) atoms. The third kappa shape index (κ3) is 1.96. The van der Waals surface area contributed by atoms with Crippen molar-refractivity contribution in [3.05, 3.63) is 45.2 Å². The van der Waals surface area contributed by atoms with Crippen molar-refractivity contribution in [1.29, 1.82) is 0 Å². The van der Waals surface area contributed by atoms with Crippen molar-refractivity contribution in [2.75, 3.05) is 6.54 Å². The van der Waals surface area contributed by atoms with Crippen LogP contribution in [0.2, 0.25) is 5.02 Å². The van der Waals surface area contributed by atoms with Crippen molar-refractivity contribution in [3.8, 4) is 0 Å². The van der Waals surface area contributed by atoms with Gasteiger partial charge in [-0.1, -0.05) is 17.7 Å². The van der Waals surface area contributed by atoms with Crippen LogP contribution in [-0.2, 0) is 0 Å². The largest absolute Gasteiger partial charge is 0.322 e. The molecule has 2 aromatic rings. The first-order chi connectivity index (χ1) is 8.24. The summed E-state index contributed by atoms with van der Waals surface area (Å²) in [5.41, 5.74) is 1.61. The van der Waals surface area contributed by atoms with E-state index in [-0.39, 0.29) is 11.6 Å². The fourth-order valence-electron chi connectivity index (χ4n) is 2.40. The van der Waals surface area contributed by atoms with Crippen LogP contribution < -0.4 is 10.9 Å². The summed E-state index contributed by atoms with van der Waals surface area (Å²) >= 11 is 5.90. The number of fused-ring (bicyclic) bond motifs is 1. The number of rotatable bonds is 1. The molecule has 0 amide bonds. The number of halogens is 1. The molecule has 2 N–H and O–H groups in total. The van der Waals surface area contributed by atoms with Gasteiger partial charge in [-0.3, -0.25) is 4.79 Å². The zero-order valence-corrected chi connectivity index (χ0v) is 10.1. The van der Waals surface area contributed by atoms with Gasteiger partial charge in [0.15, 0.2) is 0 Å². The van der Waals surface area contributed by atoms with E-state index in [0.717, 1.165) is 35.9 Å². The van der Waals surface area contributed by atoms with Crippen molar-refractivity contribution < 1.29 is 0 Å². The topological polar surface area (TPSA) is 44.9 Å². The predicted octanol–water partition coefficient (Wildman–Crippen LogP) is 2.61. The molecule has 88 valence electrons. The van der Waals surface area contributed by atoms with Crippen molar-refractivity contribution in [1.82, 2.24) is 10.3 Å². The number of pyridine rings is 1. The molecule has 0 bridgehead atoms. The lowest BCUT2D eigenvalue weighted by atomic mass is 10.0. The van der Waals surface area contributed by atoms with Crippen LogP contribution in [0.5, 0.6) is 0 Å². The Morgan fingerprint density at radius 3 is 2.94 bits per heavy atom. The maximum Gasteiger partial charge on any atom is 0.253 e. The number of H-pyrrole nitrogens is 1. The second-order valence-electron chi connectivity index (χ2n) is 4.43. The molecule has 1 aromatic heterocycles. The maximum atomic E-state index is 12.0. The standard InChI is InChI=1S/C13H13ClN2O/c14-9-4-3-8-6-10(11-2-1-5-15-11)13(17)16-12(8)7-9/h3-4,6-7,11,15H,1-2,5H2,(H,16,17). The van der Waals surface area contributed by atoms with Gasteiger partial charge in [-0.2, -0.15) is 0 Å². The second kappa shape index (κ2) is 4.17. The van der Waals surface area contributed by atoms with Gasteiger partial charge in [0.1, 0.15) is 0 Å². The summed E-state index contributed by atoms with van der Waals surface area (Å²) in [5.74, 6) is 0. The monoisotopic (exact) mass is 248 g/mol. The van der Waals surface area contributed by atoms with E-state index in [1.807, 2.05) is 18.2 Å². The first-order valence-corrected chi connectivity index (χ1v) is 6.18. The summed E-state index contributed by atoms with van der Waals surface area (Å²) in [7, 11) is 0. The van der Waals surface area contributed by atoms with Crippen molar-refractivity contribution in [2.24, 2.45) is 0 Å². The van der Waals surface area contributed by atoms with E-state index >= 15 is 0 Å². The minimum atomic E-state index is -0.0147. The summed E-state index contributed by atoms with van der Waals surface area (Å²) in [5, 5.41) is 5.01. The average Bonchev–Trinajstić information content (AvgIpc) is 2.81. The van der Waals surface area contributed by atoms with Gasteiger partial charge < -0.3 is 10.3 Å². The molecule has 1 aliphatic rings. The Morgan fingerprint density at radius 2 is 2.18 bits per heavy atom. The van der Waals surface area contributed by atoms with Crippen LogP contribution in [0.4, 0.5) is 0 Å². The van der Waals surface area contributed by atoms with Crippen LogP contribution in [-0.4, -0.2) is 11.5 Å². The van der Waals surface area contributed by atoms with E-state index in [4.69, 9.17) is 11.6 Å². The third-order valence-electron chi connectivity index (χ3n) is 3.27. The molecule has 4 heteroatoms. The van der Waals surface area contributed by atoms with E-state index in [1.165, 1.54) is 0 Å². The summed E-state index contributed by atoms with van der Waals surface area (Å²) in [6.45, 7) is 0.989. The summed E-state index contributed by atoms with van der Waals surface area (Å²) in [6, 6.07) is 7.72. The average molecular weight is 249 g/mol. The summed E-state index contributed by atoms with van der Waals surface area (Å²) in [4.78, 5) is 14.9. The molecule has 3 nitrogen and oxygen atoms in total. The van der Waals surface area contributed by atoms with Crippen LogP contribution in [0.3, 0.4) is 0 Å². The minimum absolute atomic E-state index is 0.0147. The molecule has 1 aromatic carbocycles. The van der Waals surface area contributed by atoms with Gasteiger partial charge in [-0.25, -0.2) is 0 Å². The smallest absolute Gasteiger partial charge is 0.253 e. The zero-order valence-electron chi connectivity index (χ0n) is 9.29. The summed E-state index contributed by atoms with van der Waals surface area (Å²) in [6.07, 6.45) is 2.16. The number of hydrogen-bond acceptors (Lipinski definition) is 2. The molecular formula is C13H13ClN2O. The highest BCUT2D eigenvalue weighted by molar-refractivity contribution is 6.31. The molecule has 1 aliphatic heterocycles. The van der Waals surface area contributed by atoms with Gasteiger partial charge in [0.25, 0.3) is 5.56 Å². The Hall–Kier alpha value is -1.32. The first kappa shape index (κ1) is 10.8. The predicted molar refractivity (Wildman–Crippen MR) is 69.6 cm³/mol. The highest BCUT2D eigenvalue weighted by atomic mass is 35.5. The first-order valence-electron chi connectivity index (χ1n) is 5.80. The number of nitrogens with one attached hydrogen (secondary N) is 2. The molecule has 0 spiro atoms. The van der Waals surface area contributed by atoms with Gasteiger partial charge in [0.05, 0.1) is 0 Å². The zero-order chi connectivity index (χ0) is 11.8.